The Morgan fingerprint density at radius 1 is 0.609 bits per heavy atom. The second-order valence-electron chi connectivity index (χ2n) is 9.51. The van der Waals surface area contributed by atoms with Gasteiger partial charge in [0.25, 0.3) is 0 Å². The van der Waals surface area contributed by atoms with Crippen LogP contribution in [0.4, 0.5) is 0 Å². The molecule has 0 aromatic rings. The van der Waals surface area contributed by atoms with Gasteiger partial charge in [-0.15, -0.1) is 0 Å². The Morgan fingerprint density at radius 2 is 1.09 bits per heavy atom. The predicted molar refractivity (Wildman–Crippen MR) is 107 cm³/mol. The van der Waals surface area contributed by atoms with Crippen LogP contribution in [0.1, 0.15) is 94.4 Å². The van der Waals surface area contributed by atoms with E-state index in [-0.39, 0.29) is 0 Å². The zero-order valence-corrected chi connectivity index (χ0v) is 17.8. The average Bonchev–Trinajstić information content (AvgIpc) is 2.41. The number of hydrogen-bond acceptors (Lipinski definition) is 1. The van der Waals surface area contributed by atoms with Gasteiger partial charge in [-0.2, -0.15) is 0 Å². The van der Waals surface area contributed by atoms with Gasteiger partial charge in [-0.05, 0) is 68.2 Å². The third-order valence-electron chi connectivity index (χ3n) is 5.37. The van der Waals surface area contributed by atoms with Gasteiger partial charge in [0.15, 0.2) is 0 Å². The summed E-state index contributed by atoms with van der Waals surface area (Å²) in [6, 6.07) is 0.662. The van der Waals surface area contributed by atoms with Gasteiger partial charge >= 0.3 is 0 Å². The first-order valence-corrected chi connectivity index (χ1v) is 10.4. The van der Waals surface area contributed by atoms with Crippen molar-refractivity contribution in [1.29, 1.82) is 0 Å². The molecular weight excluding hydrogens is 278 g/mol. The summed E-state index contributed by atoms with van der Waals surface area (Å²) < 4.78 is 0. The standard InChI is InChI=1S/C22H47N/c1-16(2)13-21(18(5)6)12-10-11-20(9)23-15-22(19(7)8)14-17(3)4/h16-23H,10-15H2,1-9H3. The molecular formula is C22H47N. The van der Waals surface area contributed by atoms with Gasteiger partial charge in [-0.25, -0.2) is 0 Å². The fraction of sp³-hybridized carbons (Fsp3) is 1.00. The zero-order valence-electron chi connectivity index (χ0n) is 17.8. The summed E-state index contributed by atoms with van der Waals surface area (Å²) in [6.45, 7) is 22.5. The van der Waals surface area contributed by atoms with E-state index in [0.29, 0.717) is 6.04 Å². The maximum absolute atomic E-state index is 3.81. The van der Waals surface area contributed by atoms with E-state index in [1.165, 1.54) is 38.6 Å². The van der Waals surface area contributed by atoms with E-state index in [9.17, 15) is 0 Å². The molecule has 0 radical (unpaired) electrons. The first-order chi connectivity index (χ1) is 10.6. The van der Waals surface area contributed by atoms with E-state index in [2.05, 4.69) is 67.6 Å². The molecule has 0 bridgehead atoms. The summed E-state index contributed by atoms with van der Waals surface area (Å²) in [7, 11) is 0. The molecule has 0 saturated heterocycles. The molecule has 0 saturated carbocycles. The molecule has 0 aromatic carbocycles. The van der Waals surface area contributed by atoms with Gasteiger partial charge in [-0.3, -0.25) is 0 Å². The minimum absolute atomic E-state index is 0.662. The predicted octanol–water partition coefficient (Wildman–Crippen LogP) is 6.77. The maximum atomic E-state index is 3.81. The Balaban J connectivity index is 4.07. The molecule has 1 nitrogen and oxygen atoms in total. The van der Waals surface area contributed by atoms with Crippen LogP contribution in [-0.2, 0) is 0 Å². The van der Waals surface area contributed by atoms with Crippen LogP contribution in [0.2, 0.25) is 0 Å². The van der Waals surface area contributed by atoms with E-state index in [4.69, 9.17) is 0 Å². The maximum Gasteiger partial charge on any atom is 0.00388 e. The third-order valence-corrected chi connectivity index (χ3v) is 5.37. The molecule has 3 unspecified atom stereocenters. The Hall–Kier alpha value is -0.0400. The number of nitrogens with one attached hydrogen (secondary N) is 1. The highest BCUT2D eigenvalue weighted by Gasteiger charge is 2.17. The molecule has 0 aliphatic heterocycles. The lowest BCUT2D eigenvalue weighted by molar-refractivity contribution is 0.274. The quantitative estimate of drug-likeness (QED) is 0.394. The SMILES string of the molecule is CC(C)CC(CCCC(C)NCC(CC(C)C)C(C)C)C(C)C. The first kappa shape index (κ1) is 23.0. The highest BCUT2D eigenvalue weighted by molar-refractivity contribution is 4.72. The van der Waals surface area contributed by atoms with Crippen LogP contribution in [0.3, 0.4) is 0 Å². The van der Waals surface area contributed by atoms with Crippen molar-refractivity contribution in [3.8, 4) is 0 Å². The molecule has 23 heavy (non-hydrogen) atoms. The molecule has 0 rings (SSSR count). The van der Waals surface area contributed by atoms with Gasteiger partial charge in [0.2, 0.25) is 0 Å². The topological polar surface area (TPSA) is 12.0 Å². The highest BCUT2D eigenvalue weighted by Crippen LogP contribution is 2.26. The fourth-order valence-electron chi connectivity index (χ4n) is 3.67. The lowest BCUT2D eigenvalue weighted by Crippen LogP contribution is -2.33. The third kappa shape index (κ3) is 12.0. The Labute approximate surface area is 148 Å². The van der Waals surface area contributed by atoms with Crippen molar-refractivity contribution in [2.45, 2.75) is 100 Å². The van der Waals surface area contributed by atoms with Crippen LogP contribution in [0, 0.1) is 35.5 Å². The second kappa shape index (κ2) is 12.3. The number of hydrogen-bond donors (Lipinski definition) is 1. The monoisotopic (exact) mass is 325 g/mol. The molecule has 0 fully saturated rings. The molecule has 140 valence electrons. The van der Waals surface area contributed by atoms with Crippen molar-refractivity contribution < 1.29 is 0 Å². The van der Waals surface area contributed by atoms with E-state index in [1.54, 1.807) is 0 Å². The van der Waals surface area contributed by atoms with Crippen LogP contribution >= 0.6 is 0 Å². The van der Waals surface area contributed by atoms with Crippen LogP contribution in [0.25, 0.3) is 0 Å². The van der Waals surface area contributed by atoms with Crippen LogP contribution < -0.4 is 5.32 Å². The van der Waals surface area contributed by atoms with Gasteiger partial charge in [-0.1, -0.05) is 68.2 Å². The normalized spacial score (nSPS) is 16.6. The lowest BCUT2D eigenvalue weighted by atomic mass is 9.83. The average molecular weight is 326 g/mol. The summed E-state index contributed by atoms with van der Waals surface area (Å²) in [4.78, 5) is 0. The Kier molecular flexibility index (Phi) is 12.3. The summed E-state index contributed by atoms with van der Waals surface area (Å²) in [5.74, 6) is 4.99. The van der Waals surface area contributed by atoms with Gasteiger partial charge < -0.3 is 5.32 Å². The van der Waals surface area contributed by atoms with E-state index in [1.807, 2.05) is 0 Å². The molecule has 0 spiro atoms. The molecule has 1 heteroatoms. The first-order valence-electron chi connectivity index (χ1n) is 10.4. The van der Waals surface area contributed by atoms with E-state index >= 15 is 0 Å². The smallest absolute Gasteiger partial charge is 0.00388 e. The highest BCUT2D eigenvalue weighted by atomic mass is 14.9. The molecule has 3 atom stereocenters. The van der Waals surface area contributed by atoms with Gasteiger partial charge in [0.05, 0.1) is 0 Å². The summed E-state index contributed by atoms with van der Waals surface area (Å²) in [5, 5.41) is 3.81. The summed E-state index contributed by atoms with van der Waals surface area (Å²) in [5.41, 5.74) is 0. The molecule has 0 aromatic heterocycles. The van der Waals surface area contributed by atoms with Crippen LogP contribution in [0.15, 0.2) is 0 Å². The van der Waals surface area contributed by atoms with Crippen molar-refractivity contribution >= 4 is 0 Å². The largest absolute Gasteiger partial charge is 0.314 e. The van der Waals surface area contributed by atoms with Crippen LogP contribution in [-0.4, -0.2) is 12.6 Å². The van der Waals surface area contributed by atoms with Crippen molar-refractivity contribution in [3.05, 3.63) is 0 Å². The van der Waals surface area contributed by atoms with Gasteiger partial charge in [0.1, 0.15) is 0 Å². The van der Waals surface area contributed by atoms with E-state index in [0.717, 1.165) is 35.5 Å². The Morgan fingerprint density at radius 3 is 1.52 bits per heavy atom. The molecule has 1 N–H and O–H groups in total. The molecule has 0 amide bonds. The molecule has 0 heterocycles. The second-order valence-corrected chi connectivity index (χ2v) is 9.51. The van der Waals surface area contributed by atoms with Crippen LogP contribution in [0.5, 0.6) is 0 Å². The Bertz CT molecular complexity index is 267. The zero-order chi connectivity index (χ0) is 18.0. The fourth-order valence-corrected chi connectivity index (χ4v) is 3.67. The summed E-state index contributed by atoms with van der Waals surface area (Å²) >= 11 is 0. The van der Waals surface area contributed by atoms with Gasteiger partial charge in [0, 0.05) is 6.04 Å². The molecule has 0 aliphatic carbocycles. The van der Waals surface area contributed by atoms with Crippen molar-refractivity contribution in [2.24, 2.45) is 35.5 Å². The minimum Gasteiger partial charge on any atom is -0.314 e. The molecule has 0 aliphatic rings. The number of rotatable bonds is 13. The summed E-state index contributed by atoms with van der Waals surface area (Å²) in [6.07, 6.45) is 6.85. The van der Waals surface area contributed by atoms with Crippen molar-refractivity contribution in [3.63, 3.8) is 0 Å². The van der Waals surface area contributed by atoms with E-state index < -0.39 is 0 Å². The minimum atomic E-state index is 0.662. The van der Waals surface area contributed by atoms with Crippen molar-refractivity contribution in [2.75, 3.05) is 6.54 Å². The lowest BCUT2D eigenvalue weighted by Gasteiger charge is -2.26. The van der Waals surface area contributed by atoms with Crippen molar-refractivity contribution in [1.82, 2.24) is 5.32 Å².